The zero-order chi connectivity index (χ0) is 14.4. The van der Waals surface area contributed by atoms with Crippen LogP contribution in [0.2, 0.25) is 0 Å². The standard InChI is InChI=1S/C17H14F2O/c1-2-13-3-5-14(6-4-13)7-8-15-9-11-16(12-10-15)20-17(18)19/h3-6,9-12,17H,2H2,1H3. The largest absolute Gasteiger partial charge is 0.435 e. The van der Waals surface area contributed by atoms with E-state index in [1.165, 1.54) is 17.7 Å². The molecule has 0 aliphatic carbocycles. The zero-order valence-electron chi connectivity index (χ0n) is 11.1. The first-order chi connectivity index (χ1) is 9.67. The van der Waals surface area contributed by atoms with Crippen molar-refractivity contribution in [1.29, 1.82) is 0 Å². The highest BCUT2D eigenvalue weighted by Gasteiger charge is 2.02. The minimum Gasteiger partial charge on any atom is -0.435 e. The highest BCUT2D eigenvalue weighted by molar-refractivity contribution is 5.44. The van der Waals surface area contributed by atoms with Crippen LogP contribution in [0.25, 0.3) is 0 Å². The molecule has 0 fully saturated rings. The summed E-state index contributed by atoms with van der Waals surface area (Å²) in [6.45, 7) is -0.701. The Kier molecular flexibility index (Phi) is 4.73. The maximum absolute atomic E-state index is 12.0. The Morgan fingerprint density at radius 1 is 0.900 bits per heavy atom. The topological polar surface area (TPSA) is 9.23 Å². The van der Waals surface area contributed by atoms with Crippen LogP contribution >= 0.6 is 0 Å². The lowest BCUT2D eigenvalue weighted by molar-refractivity contribution is -0.0498. The second kappa shape index (κ2) is 6.72. The van der Waals surface area contributed by atoms with Crippen LogP contribution in [0.5, 0.6) is 5.75 Å². The molecule has 3 heteroatoms. The van der Waals surface area contributed by atoms with Gasteiger partial charge in [-0.1, -0.05) is 30.9 Å². The van der Waals surface area contributed by atoms with Crippen molar-refractivity contribution in [2.24, 2.45) is 0 Å². The highest BCUT2D eigenvalue weighted by Crippen LogP contribution is 2.14. The smallest absolute Gasteiger partial charge is 0.387 e. The predicted molar refractivity (Wildman–Crippen MR) is 74.9 cm³/mol. The number of hydrogen-bond acceptors (Lipinski definition) is 1. The van der Waals surface area contributed by atoms with Gasteiger partial charge in [-0.2, -0.15) is 8.78 Å². The summed E-state index contributed by atoms with van der Waals surface area (Å²) in [5, 5.41) is 0. The van der Waals surface area contributed by atoms with Crippen LogP contribution in [0.1, 0.15) is 23.6 Å². The summed E-state index contributed by atoms with van der Waals surface area (Å²) < 4.78 is 28.3. The summed E-state index contributed by atoms with van der Waals surface area (Å²) in [5.74, 6) is 6.16. The van der Waals surface area contributed by atoms with Gasteiger partial charge in [-0.3, -0.25) is 0 Å². The summed E-state index contributed by atoms with van der Waals surface area (Å²) >= 11 is 0. The Labute approximate surface area is 117 Å². The molecular formula is C17H14F2O. The lowest BCUT2D eigenvalue weighted by atomic mass is 10.1. The van der Waals surface area contributed by atoms with Crippen LogP contribution in [0, 0.1) is 11.8 Å². The van der Waals surface area contributed by atoms with Gasteiger partial charge in [0, 0.05) is 11.1 Å². The molecule has 0 heterocycles. The summed E-state index contributed by atoms with van der Waals surface area (Å²) in [7, 11) is 0. The van der Waals surface area contributed by atoms with Crippen molar-refractivity contribution in [2.75, 3.05) is 0 Å². The van der Waals surface area contributed by atoms with E-state index in [-0.39, 0.29) is 5.75 Å². The van der Waals surface area contributed by atoms with Crippen molar-refractivity contribution in [1.82, 2.24) is 0 Å². The van der Waals surface area contributed by atoms with Gasteiger partial charge < -0.3 is 4.74 Å². The fraction of sp³-hybridized carbons (Fsp3) is 0.176. The highest BCUT2D eigenvalue weighted by atomic mass is 19.3. The van der Waals surface area contributed by atoms with Gasteiger partial charge in [-0.05, 0) is 48.4 Å². The number of rotatable bonds is 3. The van der Waals surface area contributed by atoms with Crippen LogP contribution in [-0.2, 0) is 6.42 Å². The van der Waals surface area contributed by atoms with E-state index in [0.717, 1.165) is 17.5 Å². The third kappa shape index (κ3) is 4.10. The summed E-state index contributed by atoms with van der Waals surface area (Å²) in [6, 6.07) is 14.3. The van der Waals surface area contributed by atoms with Crippen LogP contribution in [0.4, 0.5) is 8.78 Å². The summed E-state index contributed by atoms with van der Waals surface area (Å²) in [4.78, 5) is 0. The van der Waals surface area contributed by atoms with Gasteiger partial charge in [0.2, 0.25) is 0 Å². The first-order valence-electron chi connectivity index (χ1n) is 6.33. The van der Waals surface area contributed by atoms with Crippen LogP contribution in [0.3, 0.4) is 0 Å². The molecule has 2 rings (SSSR count). The summed E-state index contributed by atoms with van der Waals surface area (Å²) in [5.41, 5.74) is 2.95. The minimum atomic E-state index is -2.80. The van der Waals surface area contributed by atoms with Crippen molar-refractivity contribution in [3.05, 3.63) is 65.2 Å². The fourth-order valence-electron chi connectivity index (χ4n) is 1.69. The van der Waals surface area contributed by atoms with Crippen molar-refractivity contribution in [3.8, 4) is 17.6 Å². The molecule has 102 valence electrons. The molecule has 0 atom stereocenters. The Balaban J connectivity index is 2.07. The van der Waals surface area contributed by atoms with Gasteiger partial charge in [0.25, 0.3) is 0 Å². The molecule has 20 heavy (non-hydrogen) atoms. The molecule has 0 spiro atoms. The van der Waals surface area contributed by atoms with Crippen LogP contribution in [-0.4, -0.2) is 6.61 Å². The lowest BCUT2D eigenvalue weighted by Gasteiger charge is -2.03. The maximum Gasteiger partial charge on any atom is 0.387 e. The monoisotopic (exact) mass is 272 g/mol. The van der Waals surface area contributed by atoms with E-state index in [0.29, 0.717) is 0 Å². The molecule has 0 N–H and O–H groups in total. The minimum absolute atomic E-state index is 0.137. The molecule has 0 bridgehead atoms. The average Bonchev–Trinajstić information content (AvgIpc) is 2.46. The van der Waals surface area contributed by atoms with Crippen molar-refractivity contribution >= 4 is 0 Å². The van der Waals surface area contributed by atoms with Gasteiger partial charge in [-0.25, -0.2) is 0 Å². The van der Waals surface area contributed by atoms with Crippen molar-refractivity contribution < 1.29 is 13.5 Å². The Morgan fingerprint density at radius 2 is 1.40 bits per heavy atom. The molecule has 0 radical (unpaired) electrons. The third-order valence-electron chi connectivity index (χ3n) is 2.79. The normalized spacial score (nSPS) is 10.0. The number of hydrogen-bond donors (Lipinski definition) is 0. The first-order valence-corrected chi connectivity index (χ1v) is 6.33. The first kappa shape index (κ1) is 14.1. The molecular weight excluding hydrogens is 258 g/mol. The lowest BCUT2D eigenvalue weighted by Crippen LogP contribution is -2.01. The molecule has 0 aliphatic rings. The van der Waals surface area contributed by atoms with Crippen molar-refractivity contribution in [2.45, 2.75) is 20.0 Å². The second-order valence-electron chi connectivity index (χ2n) is 4.20. The average molecular weight is 272 g/mol. The van der Waals surface area contributed by atoms with Crippen LogP contribution < -0.4 is 4.74 Å². The molecule has 0 saturated heterocycles. The fourth-order valence-corrected chi connectivity index (χ4v) is 1.69. The Bertz CT molecular complexity index is 604. The van der Waals surface area contributed by atoms with Gasteiger partial charge in [0.1, 0.15) is 5.75 Å². The SMILES string of the molecule is CCc1ccc(C#Cc2ccc(OC(F)F)cc2)cc1. The zero-order valence-corrected chi connectivity index (χ0v) is 11.1. The van der Waals surface area contributed by atoms with E-state index in [9.17, 15) is 8.78 Å². The second-order valence-corrected chi connectivity index (χ2v) is 4.20. The molecule has 2 aromatic carbocycles. The molecule has 0 unspecified atom stereocenters. The maximum atomic E-state index is 12.0. The number of benzene rings is 2. The summed E-state index contributed by atoms with van der Waals surface area (Å²) in [6.07, 6.45) is 0.999. The van der Waals surface area contributed by atoms with Gasteiger partial charge in [0.05, 0.1) is 0 Å². The van der Waals surface area contributed by atoms with Crippen molar-refractivity contribution in [3.63, 3.8) is 0 Å². The molecule has 0 amide bonds. The van der Waals surface area contributed by atoms with E-state index < -0.39 is 6.61 Å². The number of aryl methyl sites for hydroxylation is 1. The van der Waals surface area contributed by atoms with Gasteiger partial charge in [-0.15, -0.1) is 0 Å². The molecule has 1 nitrogen and oxygen atoms in total. The Morgan fingerprint density at radius 3 is 1.85 bits per heavy atom. The van der Waals surface area contributed by atoms with Gasteiger partial charge in [0.15, 0.2) is 0 Å². The van der Waals surface area contributed by atoms with E-state index in [1.54, 1.807) is 12.1 Å². The molecule has 2 aromatic rings. The quantitative estimate of drug-likeness (QED) is 0.759. The van der Waals surface area contributed by atoms with E-state index in [1.807, 2.05) is 24.3 Å². The molecule has 0 saturated carbocycles. The Hall–Kier alpha value is -2.34. The van der Waals surface area contributed by atoms with E-state index in [4.69, 9.17) is 0 Å². The third-order valence-corrected chi connectivity index (χ3v) is 2.79. The number of ether oxygens (including phenoxy) is 1. The number of halogens is 2. The van der Waals surface area contributed by atoms with Gasteiger partial charge >= 0.3 is 6.61 Å². The van der Waals surface area contributed by atoms with E-state index >= 15 is 0 Å². The molecule has 0 aromatic heterocycles. The predicted octanol–water partition coefficient (Wildman–Crippen LogP) is 4.25. The van der Waals surface area contributed by atoms with E-state index in [2.05, 4.69) is 23.5 Å². The number of alkyl halides is 2. The molecule has 0 aliphatic heterocycles. The van der Waals surface area contributed by atoms with Crippen LogP contribution in [0.15, 0.2) is 48.5 Å².